The summed E-state index contributed by atoms with van der Waals surface area (Å²) >= 11 is 0. The lowest BCUT2D eigenvalue weighted by molar-refractivity contribution is 0.343. The second-order valence-electron chi connectivity index (χ2n) is 4.83. The predicted molar refractivity (Wildman–Crippen MR) is 61.6 cm³/mol. The number of hydrogen-bond donors (Lipinski definition) is 0. The van der Waals surface area contributed by atoms with Crippen LogP contribution in [-0.4, -0.2) is 0 Å². The Labute approximate surface area is 87.3 Å². The molecule has 0 aliphatic heterocycles. The zero-order valence-corrected chi connectivity index (χ0v) is 9.29. The summed E-state index contributed by atoms with van der Waals surface area (Å²) in [5.74, 6) is 1.76. The maximum atomic E-state index is 2.39. The molecule has 14 heavy (non-hydrogen) atoms. The summed E-state index contributed by atoms with van der Waals surface area (Å²) in [6.45, 7) is 4.64. The summed E-state index contributed by atoms with van der Waals surface area (Å²) in [7, 11) is 0. The third-order valence-corrected chi connectivity index (χ3v) is 3.56. The van der Waals surface area contributed by atoms with Gasteiger partial charge in [0.1, 0.15) is 0 Å². The SMILES string of the molecule is Cc1ccccc1[C@@H]1CCC[C@H](C)C1. The lowest BCUT2D eigenvalue weighted by atomic mass is 9.78. The molecule has 1 aromatic carbocycles. The minimum absolute atomic E-state index is 0.833. The summed E-state index contributed by atoms with van der Waals surface area (Å²) in [5.41, 5.74) is 3.07. The fraction of sp³-hybridized carbons (Fsp3) is 0.571. The lowest BCUT2D eigenvalue weighted by Crippen LogP contribution is -2.12. The Morgan fingerprint density at radius 2 is 1.93 bits per heavy atom. The molecular weight excluding hydrogens is 168 g/mol. The van der Waals surface area contributed by atoms with E-state index in [1.807, 2.05) is 0 Å². The highest BCUT2D eigenvalue weighted by atomic mass is 14.3. The fourth-order valence-electron chi connectivity index (χ4n) is 2.76. The minimum atomic E-state index is 0.833. The van der Waals surface area contributed by atoms with Crippen molar-refractivity contribution in [1.82, 2.24) is 0 Å². The van der Waals surface area contributed by atoms with E-state index >= 15 is 0 Å². The van der Waals surface area contributed by atoms with Gasteiger partial charge in [0.15, 0.2) is 0 Å². The Balaban J connectivity index is 2.18. The van der Waals surface area contributed by atoms with E-state index in [0.717, 1.165) is 11.8 Å². The first kappa shape index (κ1) is 9.76. The van der Waals surface area contributed by atoms with Crippen molar-refractivity contribution in [3.05, 3.63) is 35.4 Å². The van der Waals surface area contributed by atoms with Crippen molar-refractivity contribution in [3.63, 3.8) is 0 Å². The highest BCUT2D eigenvalue weighted by Gasteiger charge is 2.20. The molecule has 1 fully saturated rings. The Morgan fingerprint density at radius 1 is 1.14 bits per heavy atom. The van der Waals surface area contributed by atoms with Gasteiger partial charge >= 0.3 is 0 Å². The Hall–Kier alpha value is -0.780. The lowest BCUT2D eigenvalue weighted by Gasteiger charge is -2.28. The van der Waals surface area contributed by atoms with Crippen LogP contribution in [0.2, 0.25) is 0 Å². The van der Waals surface area contributed by atoms with E-state index in [2.05, 4.69) is 38.1 Å². The molecular formula is C14H20. The first-order chi connectivity index (χ1) is 6.77. The van der Waals surface area contributed by atoms with Crippen LogP contribution in [0.15, 0.2) is 24.3 Å². The first-order valence-corrected chi connectivity index (χ1v) is 5.83. The molecule has 2 rings (SSSR count). The summed E-state index contributed by atoms with van der Waals surface area (Å²) in [6, 6.07) is 8.89. The van der Waals surface area contributed by atoms with Crippen molar-refractivity contribution in [2.24, 2.45) is 5.92 Å². The molecule has 0 heteroatoms. The molecule has 1 aliphatic rings. The summed E-state index contributed by atoms with van der Waals surface area (Å²) in [6.07, 6.45) is 5.64. The third kappa shape index (κ3) is 2.00. The molecule has 0 heterocycles. The molecule has 0 radical (unpaired) electrons. The highest BCUT2D eigenvalue weighted by molar-refractivity contribution is 5.29. The molecule has 76 valence electrons. The predicted octanol–water partition coefficient (Wildman–Crippen LogP) is 4.29. The van der Waals surface area contributed by atoms with Gasteiger partial charge in [-0.3, -0.25) is 0 Å². The van der Waals surface area contributed by atoms with Crippen LogP contribution in [0.4, 0.5) is 0 Å². The van der Waals surface area contributed by atoms with Gasteiger partial charge in [-0.15, -0.1) is 0 Å². The van der Waals surface area contributed by atoms with Gasteiger partial charge in [-0.1, -0.05) is 44.0 Å². The Morgan fingerprint density at radius 3 is 2.64 bits per heavy atom. The van der Waals surface area contributed by atoms with Crippen molar-refractivity contribution >= 4 is 0 Å². The van der Waals surface area contributed by atoms with E-state index in [9.17, 15) is 0 Å². The largest absolute Gasteiger partial charge is 0.0625 e. The maximum absolute atomic E-state index is 2.39. The third-order valence-electron chi connectivity index (χ3n) is 3.56. The number of benzene rings is 1. The fourth-order valence-corrected chi connectivity index (χ4v) is 2.76. The smallest absolute Gasteiger partial charge is 0.0157 e. The molecule has 0 amide bonds. The van der Waals surface area contributed by atoms with Crippen molar-refractivity contribution in [2.45, 2.75) is 45.4 Å². The van der Waals surface area contributed by atoms with Crippen molar-refractivity contribution in [2.75, 3.05) is 0 Å². The van der Waals surface area contributed by atoms with Crippen LogP contribution in [0.25, 0.3) is 0 Å². The summed E-state index contributed by atoms with van der Waals surface area (Å²) < 4.78 is 0. The molecule has 0 saturated heterocycles. The molecule has 1 saturated carbocycles. The van der Waals surface area contributed by atoms with Crippen molar-refractivity contribution < 1.29 is 0 Å². The maximum Gasteiger partial charge on any atom is -0.0157 e. The summed E-state index contributed by atoms with van der Waals surface area (Å²) in [5, 5.41) is 0. The van der Waals surface area contributed by atoms with Gasteiger partial charge in [0.25, 0.3) is 0 Å². The average Bonchev–Trinajstić information content (AvgIpc) is 2.18. The molecule has 0 unspecified atom stereocenters. The van der Waals surface area contributed by atoms with Crippen LogP contribution in [-0.2, 0) is 0 Å². The zero-order chi connectivity index (χ0) is 9.97. The van der Waals surface area contributed by atoms with Gasteiger partial charge < -0.3 is 0 Å². The number of rotatable bonds is 1. The zero-order valence-electron chi connectivity index (χ0n) is 9.29. The molecule has 0 aromatic heterocycles. The van der Waals surface area contributed by atoms with Gasteiger partial charge in [-0.25, -0.2) is 0 Å². The van der Waals surface area contributed by atoms with Gasteiger partial charge in [-0.05, 0) is 42.7 Å². The average molecular weight is 188 g/mol. The molecule has 1 aromatic rings. The van der Waals surface area contributed by atoms with Crippen LogP contribution < -0.4 is 0 Å². The standard InChI is InChI=1S/C14H20/c1-11-6-5-8-13(10-11)14-9-4-3-7-12(14)2/h3-4,7,9,11,13H,5-6,8,10H2,1-2H3/t11-,13+/m0/s1. The van der Waals surface area contributed by atoms with Crippen LogP contribution in [0.3, 0.4) is 0 Å². The van der Waals surface area contributed by atoms with Gasteiger partial charge in [-0.2, -0.15) is 0 Å². The normalized spacial score (nSPS) is 27.6. The van der Waals surface area contributed by atoms with E-state index < -0.39 is 0 Å². The second-order valence-corrected chi connectivity index (χ2v) is 4.83. The molecule has 0 bridgehead atoms. The summed E-state index contributed by atoms with van der Waals surface area (Å²) in [4.78, 5) is 0. The Bertz CT molecular complexity index is 301. The van der Waals surface area contributed by atoms with E-state index in [0.29, 0.717) is 0 Å². The number of hydrogen-bond acceptors (Lipinski definition) is 0. The monoisotopic (exact) mass is 188 g/mol. The van der Waals surface area contributed by atoms with Crippen LogP contribution in [0.1, 0.15) is 49.7 Å². The van der Waals surface area contributed by atoms with Crippen LogP contribution in [0.5, 0.6) is 0 Å². The molecule has 1 aliphatic carbocycles. The Kier molecular flexibility index (Phi) is 2.90. The van der Waals surface area contributed by atoms with Crippen LogP contribution >= 0.6 is 0 Å². The molecule has 0 spiro atoms. The molecule has 0 N–H and O–H groups in total. The van der Waals surface area contributed by atoms with E-state index in [4.69, 9.17) is 0 Å². The van der Waals surface area contributed by atoms with Gasteiger partial charge in [0.2, 0.25) is 0 Å². The van der Waals surface area contributed by atoms with E-state index in [1.54, 1.807) is 5.56 Å². The van der Waals surface area contributed by atoms with Crippen molar-refractivity contribution in [1.29, 1.82) is 0 Å². The minimum Gasteiger partial charge on any atom is -0.0625 e. The van der Waals surface area contributed by atoms with Crippen molar-refractivity contribution in [3.8, 4) is 0 Å². The second kappa shape index (κ2) is 4.16. The molecule has 0 nitrogen and oxygen atoms in total. The van der Waals surface area contributed by atoms with Gasteiger partial charge in [0.05, 0.1) is 0 Å². The van der Waals surface area contributed by atoms with E-state index in [-0.39, 0.29) is 0 Å². The first-order valence-electron chi connectivity index (χ1n) is 5.83. The number of aryl methyl sites for hydroxylation is 1. The topological polar surface area (TPSA) is 0 Å². The van der Waals surface area contributed by atoms with Gasteiger partial charge in [0, 0.05) is 0 Å². The van der Waals surface area contributed by atoms with Crippen LogP contribution in [0, 0.1) is 12.8 Å². The highest BCUT2D eigenvalue weighted by Crippen LogP contribution is 2.36. The quantitative estimate of drug-likeness (QED) is 0.616. The molecule has 2 atom stereocenters. The van der Waals surface area contributed by atoms with E-state index in [1.165, 1.54) is 31.2 Å².